The van der Waals surface area contributed by atoms with Crippen LogP contribution in [0.1, 0.15) is 45.5 Å². The van der Waals surface area contributed by atoms with Gasteiger partial charge in [-0.15, -0.1) is 10.2 Å². The van der Waals surface area contributed by atoms with Crippen LogP contribution in [0.15, 0.2) is 45.7 Å². The molecule has 0 saturated carbocycles. The van der Waals surface area contributed by atoms with Crippen LogP contribution < -0.4 is 10.3 Å². The van der Waals surface area contributed by atoms with Crippen molar-refractivity contribution in [2.24, 2.45) is 0 Å². The third-order valence-corrected chi connectivity index (χ3v) is 7.91. The molecule has 3 aromatic heterocycles. The number of aromatic nitrogens is 6. The number of fused-ring (bicyclic) bond motifs is 1. The molecule has 1 unspecified atom stereocenters. The lowest BCUT2D eigenvalue weighted by Crippen LogP contribution is -2.46. The first-order valence-corrected chi connectivity index (χ1v) is 14.5. The Balaban J connectivity index is 1.56. The van der Waals surface area contributed by atoms with E-state index in [4.69, 9.17) is 9.72 Å². The van der Waals surface area contributed by atoms with Gasteiger partial charge >= 0.3 is 6.18 Å². The van der Waals surface area contributed by atoms with Crippen molar-refractivity contribution in [3.8, 4) is 17.6 Å². The largest absolute Gasteiger partial charge is 0.475 e. The van der Waals surface area contributed by atoms with Gasteiger partial charge in [0.1, 0.15) is 6.61 Å². The number of nitrogens with zero attached hydrogens (tertiary/aromatic N) is 8. The number of halogens is 4. The molecule has 0 fully saturated rings. The van der Waals surface area contributed by atoms with Gasteiger partial charge in [0.15, 0.2) is 5.82 Å². The quantitative estimate of drug-likeness (QED) is 0.288. The van der Waals surface area contributed by atoms with Crippen molar-refractivity contribution >= 4 is 21.8 Å². The van der Waals surface area contributed by atoms with E-state index in [0.29, 0.717) is 41.7 Å². The number of carbonyl (C=O) groups excluding carboxylic acids is 1. The molecule has 5 rings (SSSR count). The molecule has 11 nitrogen and oxygen atoms in total. The topological polar surface area (TPSA) is 111 Å². The van der Waals surface area contributed by atoms with E-state index >= 15 is 0 Å². The number of rotatable bonds is 7. The number of carbonyl (C=O) groups is 1. The fraction of sp³-hybridized carbons (Fsp3) is 0.379. The lowest BCUT2D eigenvalue weighted by atomic mass is 9.98. The van der Waals surface area contributed by atoms with Gasteiger partial charge in [-0.25, -0.2) is 14.2 Å². The van der Waals surface area contributed by atoms with Crippen molar-refractivity contribution in [1.82, 2.24) is 39.3 Å². The molecule has 0 N–H and O–H groups in total. The summed E-state index contributed by atoms with van der Waals surface area (Å²) in [7, 11) is 3.85. The number of hydrogen-bond acceptors (Lipinski definition) is 8. The van der Waals surface area contributed by atoms with Crippen LogP contribution in [0.2, 0.25) is 0 Å². The molecule has 1 amide bonds. The van der Waals surface area contributed by atoms with Gasteiger partial charge in [-0.2, -0.15) is 18.3 Å². The standard InChI is InChI=1S/C29H30BrF3N8O3/c1-16-12-18(3)41(37-16)28-34-23-15-39(26(42)19-6-7-22(30)21(14-19)29(31,32)33)17(2)13-20(23)27(43)40(28)24-8-9-25(36-35-24)44-11-10-38(4)5/h6-9,12,14,17H,10-11,13,15H2,1-5H3. The average Bonchev–Trinajstić information content (AvgIpc) is 3.30. The summed E-state index contributed by atoms with van der Waals surface area (Å²) in [6, 6.07) is 7.91. The highest BCUT2D eigenvalue weighted by molar-refractivity contribution is 9.10. The normalized spacial score (nSPS) is 15.0. The molecule has 15 heteroatoms. The molecule has 0 aliphatic carbocycles. The minimum Gasteiger partial charge on any atom is -0.475 e. The van der Waals surface area contributed by atoms with E-state index in [1.807, 2.05) is 32.0 Å². The molecule has 0 radical (unpaired) electrons. The van der Waals surface area contributed by atoms with E-state index < -0.39 is 29.2 Å². The highest BCUT2D eigenvalue weighted by Crippen LogP contribution is 2.36. The maximum atomic E-state index is 14.1. The summed E-state index contributed by atoms with van der Waals surface area (Å²) in [5, 5.41) is 12.9. The van der Waals surface area contributed by atoms with E-state index in [1.165, 1.54) is 26.3 Å². The van der Waals surface area contributed by atoms with Gasteiger partial charge < -0.3 is 14.5 Å². The Bertz CT molecular complexity index is 1770. The summed E-state index contributed by atoms with van der Waals surface area (Å²) in [6.07, 6.45) is -4.51. The van der Waals surface area contributed by atoms with Crippen molar-refractivity contribution in [3.63, 3.8) is 0 Å². The Labute approximate surface area is 259 Å². The molecular formula is C29H30BrF3N8O3. The van der Waals surface area contributed by atoms with Crippen LogP contribution in [0.25, 0.3) is 11.8 Å². The third-order valence-electron chi connectivity index (χ3n) is 7.22. The summed E-state index contributed by atoms with van der Waals surface area (Å²) < 4.78 is 49.0. The molecule has 4 aromatic rings. The number of ether oxygens (including phenoxy) is 1. The highest BCUT2D eigenvalue weighted by atomic mass is 79.9. The molecule has 0 spiro atoms. The zero-order chi connectivity index (χ0) is 31.9. The molecule has 4 heterocycles. The summed E-state index contributed by atoms with van der Waals surface area (Å²) in [4.78, 5) is 35.8. The molecule has 0 saturated heterocycles. The van der Waals surface area contributed by atoms with Crippen LogP contribution in [0.5, 0.6) is 5.88 Å². The first-order valence-electron chi connectivity index (χ1n) is 13.7. The van der Waals surface area contributed by atoms with Gasteiger partial charge in [-0.05, 0) is 71.6 Å². The van der Waals surface area contributed by atoms with Crippen molar-refractivity contribution in [2.75, 3.05) is 27.2 Å². The Hall–Kier alpha value is -4.11. The second kappa shape index (κ2) is 12.1. The summed E-state index contributed by atoms with van der Waals surface area (Å²) in [5.41, 5.74) is 0.610. The Morgan fingerprint density at radius 3 is 2.50 bits per heavy atom. The van der Waals surface area contributed by atoms with Crippen molar-refractivity contribution in [2.45, 2.75) is 46.0 Å². The van der Waals surface area contributed by atoms with Crippen LogP contribution in [-0.2, 0) is 19.1 Å². The minimum absolute atomic E-state index is 0.0839. The second-order valence-corrected chi connectivity index (χ2v) is 11.7. The predicted molar refractivity (Wildman–Crippen MR) is 158 cm³/mol. The van der Waals surface area contributed by atoms with Crippen molar-refractivity contribution in [3.05, 3.63) is 85.0 Å². The monoisotopic (exact) mass is 674 g/mol. The maximum Gasteiger partial charge on any atom is 0.417 e. The van der Waals surface area contributed by atoms with Gasteiger partial charge in [0.25, 0.3) is 11.5 Å². The molecule has 1 aliphatic rings. The fourth-order valence-electron chi connectivity index (χ4n) is 4.98. The lowest BCUT2D eigenvalue weighted by Gasteiger charge is -2.34. The fourth-order valence-corrected chi connectivity index (χ4v) is 5.45. The molecule has 232 valence electrons. The zero-order valence-corrected chi connectivity index (χ0v) is 26.3. The van der Waals surface area contributed by atoms with E-state index in [2.05, 4.69) is 31.2 Å². The molecule has 1 aliphatic heterocycles. The lowest BCUT2D eigenvalue weighted by molar-refractivity contribution is -0.138. The van der Waals surface area contributed by atoms with Crippen LogP contribution in [0, 0.1) is 13.8 Å². The highest BCUT2D eigenvalue weighted by Gasteiger charge is 2.36. The van der Waals surface area contributed by atoms with Crippen LogP contribution in [0.3, 0.4) is 0 Å². The molecule has 44 heavy (non-hydrogen) atoms. The minimum atomic E-state index is -4.64. The summed E-state index contributed by atoms with van der Waals surface area (Å²) in [6.45, 7) is 6.36. The van der Waals surface area contributed by atoms with E-state index in [9.17, 15) is 22.8 Å². The molecule has 1 atom stereocenters. The summed E-state index contributed by atoms with van der Waals surface area (Å²) >= 11 is 2.92. The zero-order valence-electron chi connectivity index (χ0n) is 24.7. The van der Waals surface area contributed by atoms with Crippen molar-refractivity contribution < 1.29 is 22.7 Å². The maximum absolute atomic E-state index is 14.1. The van der Waals surface area contributed by atoms with Crippen LogP contribution in [-0.4, -0.2) is 78.5 Å². The van der Waals surface area contributed by atoms with E-state index in [1.54, 1.807) is 26.0 Å². The number of aryl methyl sites for hydroxylation is 2. The predicted octanol–water partition coefficient (Wildman–Crippen LogP) is 4.13. The number of hydrogen-bond donors (Lipinski definition) is 0. The second-order valence-electron chi connectivity index (χ2n) is 10.9. The number of likely N-dealkylation sites (N-methyl/N-ethyl adjacent to an activating group) is 1. The Morgan fingerprint density at radius 2 is 1.89 bits per heavy atom. The average molecular weight is 676 g/mol. The van der Waals surface area contributed by atoms with Gasteiger partial charge in [0.2, 0.25) is 11.8 Å². The first-order chi connectivity index (χ1) is 20.7. The Morgan fingerprint density at radius 1 is 1.14 bits per heavy atom. The number of benzene rings is 1. The number of amides is 1. The Kier molecular flexibility index (Phi) is 8.62. The van der Waals surface area contributed by atoms with Gasteiger partial charge in [0, 0.05) is 39.9 Å². The SMILES string of the molecule is Cc1cc(C)n(-c2nc3c(c(=O)n2-c2ccc(OCCN(C)C)nn2)CC(C)N(C(=O)c2ccc(Br)c(C(F)(F)F)c2)C3)n1. The molecular weight excluding hydrogens is 645 g/mol. The van der Waals surface area contributed by atoms with Gasteiger partial charge in [-0.3, -0.25) is 9.59 Å². The van der Waals surface area contributed by atoms with Gasteiger partial charge in [-0.1, -0.05) is 15.9 Å². The van der Waals surface area contributed by atoms with E-state index in [-0.39, 0.29) is 34.8 Å². The molecule has 1 aromatic carbocycles. The van der Waals surface area contributed by atoms with Crippen LogP contribution >= 0.6 is 15.9 Å². The van der Waals surface area contributed by atoms with Crippen LogP contribution in [0.4, 0.5) is 13.2 Å². The summed E-state index contributed by atoms with van der Waals surface area (Å²) in [5.74, 6) is 0.0375. The van der Waals surface area contributed by atoms with Gasteiger partial charge in [0.05, 0.1) is 23.5 Å². The third kappa shape index (κ3) is 6.24. The first kappa shape index (κ1) is 31.3. The number of alkyl halides is 3. The smallest absolute Gasteiger partial charge is 0.417 e. The van der Waals surface area contributed by atoms with Crippen molar-refractivity contribution in [1.29, 1.82) is 0 Å². The molecule has 0 bridgehead atoms. The van der Waals surface area contributed by atoms with E-state index in [0.717, 1.165) is 6.07 Å².